The Kier molecular flexibility index (Phi) is 5.54. The summed E-state index contributed by atoms with van der Waals surface area (Å²) in [6.45, 7) is 0. The van der Waals surface area contributed by atoms with Gasteiger partial charge in [0.15, 0.2) is 0 Å². The average Bonchev–Trinajstić information content (AvgIpc) is 3.45. The molecule has 1 heterocycles. The first-order valence-electron chi connectivity index (χ1n) is 15.0. The molecule has 0 unspecified atom stereocenters. The van der Waals surface area contributed by atoms with Crippen LogP contribution in [-0.4, -0.2) is 0 Å². The zero-order chi connectivity index (χ0) is 29.0. The van der Waals surface area contributed by atoms with E-state index in [9.17, 15) is 0 Å². The molecule has 0 N–H and O–H groups in total. The fourth-order valence-corrected chi connectivity index (χ4v) is 6.64. The van der Waals surface area contributed by atoms with E-state index in [1.807, 2.05) is 12.1 Å². The summed E-state index contributed by atoms with van der Waals surface area (Å²) < 4.78 is 6.26. The van der Waals surface area contributed by atoms with Gasteiger partial charge in [0.2, 0.25) is 0 Å². The molecular weight excluding hydrogens is 534 g/mol. The van der Waals surface area contributed by atoms with Crippen molar-refractivity contribution in [3.63, 3.8) is 0 Å². The second-order valence-corrected chi connectivity index (χ2v) is 11.4. The highest BCUT2D eigenvalue weighted by atomic mass is 16.3. The van der Waals surface area contributed by atoms with Crippen LogP contribution in [0.1, 0.15) is 0 Å². The molecule has 0 fully saturated rings. The molecule has 2 heteroatoms. The average molecular weight is 562 g/mol. The van der Waals surface area contributed by atoms with Crippen LogP contribution in [0.15, 0.2) is 168 Å². The molecule has 0 atom stereocenters. The first-order valence-corrected chi connectivity index (χ1v) is 15.0. The van der Waals surface area contributed by atoms with Gasteiger partial charge in [-0.05, 0) is 98.0 Å². The van der Waals surface area contributed by atoms with Crippen LogP contribution in [0.4, 0.5) is 17.1 Å². The van der Waals surface area contributed by atoms with Crippen LogP contribution in [0.2, 0.25) is 0 Å². The molecule has 1 aromatic heterocycles. The molecule has 9 rings (SSSR count). The van der Waals surface area contributed by atoms with Crippen molar-refractivity contribution in [1.29, 1.82) is 0 Å². The van der Waals surface area contributed by atoms with Gasteiger partial charge in [0.1, 0.15) is 11.2 Å². The lowest BCUT2D eigenvalue weighted by Crippen LogP contribution is -2.10. The molecular formula is C42H27NO. The minimum Gasteiger partial charge on any atom is -0.456 e. The Morgan fingerprint density at radius 2 is 0.977 bits per heavy atom. The van der Waals surface area contributed by atoms with Gasteiger partial charge in [-0.1, -0.05) is 109 Å². The summed E-state index contributed by atoms with van der Waals surface area (Å²) in [7, 11) is 0. The van der Waals surface area contributed by atoms with Gasteiger partial charge in [-0.2, -0.15) is 0 Å². The van der Waals surface area contributed by atoms with Crippen molar-refractivity contribution >= 4 is 71.3 Å². The van der Waals surface area contributed by atoms with Gasteiger partial charge < -0.3 is 9.32 Å². The van der Waals surface area contributed by atoms with E-state index in [1.54, 1.807) is 0 Å². The van der Waals surface area contributed by atoms with Crippen molar-refractivity contribution < 1.29 is 4.42 Å². The number of anilines is 3. The Morgan fingerprint density at radius 3 is 1.89 bits per heavy atom. The summed E-state index contributed by atoms with van der Waals surface area (Å²) in [6.07, 6.45) is 0. The van der Waals surface area contributed by atoms with Crippen LogP contribution in [0, 0.1) is 0 Å². The van der Waals surface area contributed by atoms with E-state index in [0.717, 1.165) is 44.4 Å². The van der Waals surface area contributed by atoms with E-state index in [1.165, 1.54) is 38.1 Å². The molecule has 0 amide bonds. The van der Waals surface area contributed by atoms with Crippen LogP contribution in [0.3, 0.4) is 0 Å². The Bertz CT molecular complexity index is 2510. The molecule has 0 spiro atoms. The van der Waals surface area contributed by atoms with Crippen molar-refractivity contribution in [2.75, 3.05) is 4.90 Å². The van der Waals surface area contributed by atoms with Gasteiger partial charge in [-0.3, -0.25) is 0 Å². The Hall–Kier alpha value is -5.86. The van der Waals surface area contributed by atoms with Crippen LogP contribution in [-0.2, 0) is 0 Å². The van der Waals surface area contributed by atoms with Gasteiger partial charge in [-0.15, -0.1) is 0 Å². The number of rotatable bonds is 4. The maximum Gasteiger partial charge on any atom is 0.136 e. The zero-order valence-corrected chi connectivity index (χ0v) is 23.9. The Labute approximate surface area is 255 Å². The Balaban J connectivity index is 1.25. The number of fused-ring (bicyclic) bond motifs is 7. The summed E-state index contributed by atoms with van der Waals surface area (Å²) in [5.41, 5.74) is 7.53. The lowest BCUT2D eigenvalue weighted by molar-refractivity contribution is 0.669. The highest BCUT2D eigenvalue weighted by molar-refractivity contribution is 6.11. The van der Waals surface area contributed by atoms with E-state index in [0.29, 0.717) is 0 Å². The van der Waals surface area contributed by atoms with Gasteiger partial charge >= 0.3 is 0 Å². The number of para-hydroxylation sites is 1. The number of hydrogen-bond donors (Lipinski definition) is 0. The molecule has 8 aromatic carbocycles. The van der Waals surface area contributed by atoms with Gasteiger partial charge in [0.25, 0.3) is 0 Å². The lowest BCUT2D eigenvalue weighted by Gasteiger charge is -2.27. The molecule has 0 bridgehead atoms. The standard InChI is InChI=1S/C42H27NO/c1-2-9-28(10-3-1)30-12-8-13-34(23-30)43(36-21-22-38-32(24-36)18-17-29-11-4-5-14-37(29)38)35-20-19-31-26-40-39-15-6-7-16-41(39)44-42(40)27-33(31)25-35/h1-27H. The van der Waals surface area contributed by atoms with Crippen molar-refractivity contribution in [1.82, 2.24) is 0 Å². The number of hydrogen-bond acceptors (Lipinski definition) is 2. The first kappa shape index (κ1) is 24.7. The third-order valence-corrected chi connectivity index (χ3v) is 8.78. The van der Waals surface area contributed by atoms with Crippen LogP contribution in [0.25, 0.3) is 65.4 Å². The van der Waals surface area contributed by atoms with E-state index in [2.05, 4.69) is 157 Å². The minimum absolute atomic E-state index is 0.908. The lowest BCUT2D eigenvalue weighted by atomic mass is 10.00. The molecule has 0 saturated carbocycles. The molecule has 9 aromatic rings. The second kappa shape index (κ2) is 9.86. The Morgan fingerprint density at radius 1 is 0.318 bits per heavy atom. The van der Waals surface area contributed by atoms with Crippen molar-refractivity contribution in [3.8, 4) is 11.1 Å². The molecule has 44 heavy (non-hydrogen) atoms. The SMILES string of the molecule is c1ccc(-c2cccc(N(c3ccc4cc5c(cc4c3)oc3ccccc35)c3ccc4c(ccc5ccccc54)c3)c2)cc1. The van der Waals surface area contributed by atoms with Gasteiger partial charge in [-0.25, -0.2) is 0 Å². The predicted octanol–water partition coefficient (Wildman–Crippen LogP) is 12.2. The maximum absolute atomic E-state index is 6.26. The van der Waals surface area contributed by atoms with Gasteiger partial charge in [0.05, 0.1) is 0 Å². The quantitative estimate of drug-likeness (QED) is 0.199. The van der Waals surface area contributed by atoms with Crippen molar-refractivity contribution in [3.05, 3.63) is 164 Å². The third kappa shape index (κ3) is 4.04. The topological polar surface area (TPSA) is 16.4 Å². The van der Waals surface area contributed by atoms with Gasteiger partial charge in [0, 0.05) is 27.8 Å². The summed E-state index contributed by atoms with van der Waals surface area (Å²) >= 11 is 0. The van der Waals surface area contributed by atoms with E-state index in [4.69, 9.17) is 4.42 Å². The smallest absolute Gasteiger partial charge is 0.136 e. The molecule has 0 aliphatic carbocycles. The monoisotopic (exact) mass is 561 g/mol. The first-order chi connectivity index (χ1) is 21.8. The number of nitrogens with zero attached hydrogens (tertiary/aromatic N) is 1. The van der Waals surface area contributed by atoms with Crippen molar-refractivity contribution in [2.45, 2.75) is 0 Å². The van der Waals surface area contributed by atoms with Crippen LogP contribution >= 0.6 is 0 Å². The fraction of sp³-hybridized carbons (Fsp3) is 0. The molecule has 2 nitrogen and oxygen atoms in total. The molecule has 0 radical (unpaired) electrons. The fourth-order valence-electron chi connectivity index (χ4n) is 6.64. The summed E-state index contributed by atoms with van der Waals surface area (Å²) in [6, 6.07) is 58.7. The number of furan rings is 1. The molecule has 0 aliphatic heterocycles. The predicted molar refractivity (Wildman–Crippen MR) is 186 cm³/mol. The zero-order valence-electron chi connectivity index (χ0n) is 23.9. The van der Waals surface area contributed by atoms with E-state index < -0.39 is 0 Å². The van der Waals surface area contributed by atoms with Crippen LogP contribution < -0.4 is 4.90 Å². The minimum atomic E-state index is 0.908. The summed E-state index contributed by atoms with van der Waals surface area (Å²) in [5.74, 6) is 0. The summed E-state index contributed by atoms with van der Waals surface area (Å²) in [4.78, 5) is 2.36. The number of benzene rings is 8. The normalized spacial score (nSPS) is 11.6. The third-order valence-electron chi connectivity index (χ3n) is 8.78. The van der Waals surface area contributed by atoms with E-state index >= 15 is 0 Å². The molecule has 206 valence electrons. The van der Waals surface area contributed by atoms with Crippen LogP contribution in [0.5, 0.6) is 0 Å². The molecule has 0 aliphatic rings. The molecule has 0 saturated heterocycles. The highest BCUT2D eigenvalue weighted by Crippen LogP contribution is 2.41. The second-order valence-electron chi connectivity index (χ2n) is 11.4. The highest BCUT2D eigenvalue weighted by Gasteiger charge is 2.16. The van der Waals surface area contributed by atoms with E-state index in [-0.39, 0.29) is 0 Å². The maximum atomic E-state index is 6.26. The summed E-state index contributed by atoms with van der Waals surface area (Å²) in [5, 5.41) is 9.64. The van der Waals surface area contributed by atoms with Crippen molar-refractivity contribution in [2.24, 2.45) is 0 Å². The largest absolute Gasteiger partial charge is 0.456 e.